The lowest BCUT2D eigenvalue weighted by molar-refractivity contribution is -0.167. The number of allylic oxidation sites excluding steroid dienone is 6. The first-order valence-corrected chi connectivity index (χ1v) is 24.5. The molecular formula is C51H92O6. The van der Waals surface area contributed by atoms with Crippen molar-refractivity contribution in [1.82, 2.24) is 0 Å². The van der Waals surface area contributed by atoms with Gasteiger partial charge in [-0.15, -0.1) is 0 Å². The van der Waals surface area contributed by atoms with E-state index in [2.05, 4.69) is 57.2 Å². The minimum atomic E-state index is -0.777. The maximum absolute atomic E-state index is 12.7. The summed E-state index contributed by atoms with van der Waals surface area (Å²) in [6, 6.07) is 0. The molecule has 0 radical (unpaired) electrons. The highest BCUT2D eigenvalue weighted by Gasteiger charge is 2.19. The molecule has 0 aromatic heterocycles. The van der Waals surface area contributed by atoms with Gasteiger partial charge in [0.1, 0.15) is 13.2 Å². The summed E-state index contributed by atoms with van der Waals surface area (Å²) in [6.07, 6.45) is 52.6. The molecule has 1 atom stereocenters. The minimum absolute atomic E-state index is 0.0775. The van der Waals surface area contributed by atoms with E-state index in [1.165, 1.54) is 116 Å². The third kappa shape index (κ3) is 44.6. The zero-order chi connectivity index (χ0) is 41.5. The molecule has 0 aliphatic rings. The van der Waals surface area contributed by atoms with Crippen LogP contribution in [-0.4, -0.2) is 37.2 Å². The number of hydrogen-bond acceptors (Lipinski definition) is 6. The highest BCUT2D eigenvalue weighted by molar-refractivity contribution is 5.71. The number of unbranched alkanes of at least 4 members (excludes halogenated alkanes) is 27. The van der Waals surface area contributed by atoms with Crippen LogP contribution >= 0.6 is 0 Å². The molecule has 6 heteroatoms. The van der Waals surface area contributed by atoms with Gasteiger partial charge in [-0.1, -0.05) is 198 Å². The zero-order valence-corrected chi connectivity index (χ0v) is 37.9. The molecule has 0 amide bonds. The number of esters is 3. The van der Waals surface area contributed by atoms with E-state index in [9.17, 15) is 14.4 Å². The summed E-state index contributed by atoms with van der Waals surface area (Å²) in [5.41, 5.74) is 0. The normalized spacial score (nSPS) is 12.3. The van der Waals surface area contributed by atoms with Crippen LogP contribution in [0.1, 0.15) is 252 Å². The quantitative estimate of drug-likeness (QED) is 0.0264. The first-order chi connectivity index (χ1) is 28.0. The van der Waals surface area contributed by atoms with Crippen LogP contribution in [0.25, 0.3) is 0 Å². The lowest BCUT2D eigenvalue weighted by Crippen LogP contribution is -2.30. The molecule has 0 aliphatic carbocycles. The molecule has 0 spiro atoms. The van der Waals surface area contributed by atoms with Gasteiger partial charge >= 0.3 is 17.9 Å². The molecule has 57 heavy (non-hydrogen) atoms. The van der Waals surface area contributed by atoms with E-state index in [0.29, 0.717) is 19.3 Å². The molecule has 0 rings (SSSR count). The largest absolute Gasteiger partial charge is 0.462 e. The summed E-state index contributed by atoms with van der Waals surface area (Å²) >= 11 is 0. The van der Waals surface area contributed by atoms with Crippen LogP contribution in [-0.2, 0) is 28.6 Å². The van der Waals surface area contributed by atoms with Gasteiger partial charge in [-0.3, -0.25) is 14.4 Å². The Morgan fingerprint density at radius 2 is 0.667 bits per heavy atom. The summed E-state index contributed by atoms with van der Waals surface area (Å²) in [5.74, 6) is -0.895. The van der Waals surface area contributed by atoms with Crippen molar-refractivity contribution >= 4 is 17.9 Å². The smallest absolute Gasteiger partial charge is 0.306 e. The van der Waals surface area contributed by atoms with Gasteiger partial charge in [0, 0.05) is 19.3 Å². The Hall–Kier alpha value is -2.37. The second kappa shape index (κ2) is 46.3. The van der Waals surface area contributed by atoms with Gasteiger partial charge in [0.25, 0.3) is 0 Å². The molecule has 0 saturated carbocycles. The molecular weight excluding hydrogens is 709 g/mol. The van der Waals surface area contributed by atoms with Crippen molar-refractivity contribution in [3.05, 3.63) is 36.5 Å². The predicted octanol–water partition coefficient (Wildman–Crippen LogP) is 15.8. The third-order valence-corrected chi connectivity index (χ3v) is 10.6. The van der Waals surface area contributed by atoms with Gasteiger partial charge in [-0.2, -0.15) is 0 Å². The van der Waals surface area contributed by atoms with E-state index in [1.54, 1.807) is 0 Å². The fourth-order valence-electron chi connectivity index (χ4n) is 6.89. The van der Waals surface area contributed by atoms with Crippen LogP contribution in [0.4, 0.5) is 0 Å². The second-order valence-corrected chi connectivity index (χ2v) is 16.4. The Morgan fingerprint density at radius 3 is 1.07 bits per heavy atom. The fraction of sp³-hybridized carbons (Fsp3) is 0.824. The number of ether oxygens (including phenoxy) is 3. The van der Waals surface area contributed by atoms with E-state index < -0.39 is 6.10 Å². The van der Waals surface area contributed by atoms with Gasteiger partial charge in [-0.05, 0) is 70.6 Å². The highest BCUT2D eigenvalue weighted by Crippen LogP contribution is 2.15. The number of rotatable bonds is 44. The lowest BCUT2D eigenvalue weighted by Gasteiger charge is -2.18. The molecule has 1 unspecified atom stereocenters. The fourth-order valence-corrected chi connectivity index (χ4v) is 6.89. The summed E-state index contributed by atoms with van der Waals surface area (Å²) in [7, 11) is 0. The van der Waals surface area contributed by atoms with Crippen molar-refractivity contribution in [1.29, 1.82) is 0 Å². The van der Waals surface area contributed by atoms with Crippen LogP contribution in [0.15, 0.2) is 36.5 Å². The molecule has 332 valence electrons. The Bertz CT molecular complexity index is 969. The van der Waals surface area contributed by atoms with E-state index >= 15 is 0 Å². The van der Waals surface area contributed by atoms with E-state index in [4.69, 9.17) is 14.2 Å². The Morgan fingerprint density at radius 1 is 0.351 bits per heavy atom. The lowest BCUT2D eigenvalue weighted by atomic mass is 10.0. The topological polar surface area (TPSA) is 78.9 Å². The van der Waals surface area contributed by atoms with Gasteiger partial charge < -0.3 is 14.2 Å². The second-order valence-electron chi connectivity index (χ2n) is 16.4. The molecule has 0 saturated heterocycles. The maximum atomic E-state index is 12.7. The van der Waals surface area contributed by atoms with Crippen molar-refractivity contribution < 1.29 is 28.6 Å². The number of carbonyl (C=O) groups excluding carboxylic acids is 3. The van der Waals surface area contributed by atoms with Crippen molar-refractivity contribution in [2.75, 3.05) is 13.2 Å². The van der Waals surface area contributed by atoms with Crippen molar-refractivity contribution in [2.24, 2.45) is 0 Å². The highest BCUT2D eigenvalue weighted by atomic mass is 16.6. The van der Waals surface area contributed by atoms with Crippen molar-refractivity contribution in [3.8, 4) is 0 Å². The Kier molecular flexibility index (Phi) is 44.4. The molecule has 0 aromatic rings. The Labute approximate surface area is 353 Å². The van der Waals surface area contributed by atoms with Crippen molar-refractivity contribution in [3.63, 3.8) is 0 Å². The summed E-state index contributed by atoms with van der Waals surface area (Å²) < 4.78 is 16.7. The van der Waals surface area contributed by atoms with Crippen LogP contribution in [0.3, 0.4) is 0 Å². The predicted molar refractivity (Wildman–Crippen MR) is 242 cm³/mol. The zero-order valence-electron chi connectivity index (χ0n) is 37.9. The average molecular weight is 801 g/mol. The summed E-state index contributed by atoms with van der Waals surface area (Å²) in [6.45, 7) is 6.55. The number of hydrogen-bond donors (Lipinski definition) is 0. The third-order valence-electron chi connectivity index (χ3n) is 10.6. The van der Waals surface area contributed by atoms with Gasteiger partial charge in [-0.25, -0.2) is 0 Å². The van der Waals surface area contributed by atoms with Crippen LogP contribution < -0.4 is 0 Å². The molecule has 0 fully saturated rings. The van der Waals surface area contributed by atoms with Crippen LogP contribution in [0.2, 0.25) is 0 Å². The van der Waals surface area contributed by atoms with Gasteiger partial charge in [0.05, 0.1) is 0 Å². The molecule has 0 aromatic carbocycles. The van der Waals surface area contributed by atoms with Crippen LogP contribution in [0, 0.1) is 0 Å². The molecule has 0 N–H and O–H groups in total. The monoisotopic (exact) mass is 801 g/mol. The molecule has 0 heterocycles. The summed E-state index contributed by atoms with van der Waals surface area (Å²) in [5, 5.41) is 0. The average Bonchev–Trinajstić information content (AvgIpc) is 3.21. The van der Waals surface area contributed by atoms with Crippen molar-refractivity contribution in [2.45, 2.75) is 258 Å². The van der Waals surface area contributed by atoms with E-state index in [1.807, 2.05) is 0 Å². The Balaban J connectivity index is 4.39. The molecule has 0 bridgehead atoms. The maximum Gasteiger partial charge on any atom is 0.306 e. The standard InChI is InChI=1S/C51H92O6/c1-4-7-10-13-16-19-22-25-28-31-34-37-40-43-49(52)55-46-48(57-51(54)45-42-39-36-33-30-27-24-21-18-15-12-9-6-3)47-56-50(53)44-41-38-35-32-29-26-23-20-17-14-11-8-5-2/h10,13,19,21-22,24,48H,4-9,11-12,14-18,20,23,25-47H2,1-3H3/b13-10-,22-19-,24-21-. The SMILES string of the molecule is CCC/C=C\C/C=C\CCCCCCCC(=O)OCC(COC(=O)CCCCCCCCCCCCCCC)OC(=O)CCCCCCC/C=C\CCCCCC. The van der Waals surface area contributed by atoms with E-state index in [0.717, 1.165) is 96.3 Å². The summed E-state index contributed by atoms with van der Waals surface area (Å²) in [4.78, 5) is 37.8. The number of carbonyl (C=O) groups is 3. The minimum Gasteiger partial charge on any atom is -0.462 e. The molecule has 0 aliphatic heterocycles. The van der Waals surface area contributed by atoms with Crippen LogP contribution in [0.5, 0.6) is 0 Å². The molecule has 6 nitrogen and oxygen atoms in total. The van der Waals surface area contributed by atoms with Gasteiger partial charge in [0.15, 0.2) is 6.10 Å². The van der Waals surface area contributed by atoms with E-state index in [-0.39, 0.29) is 31.1 Å². The first-order valence-electron chi connectivity index (χ1n) is 24.5. The van der Waals surface area contributed by atoms with Gasteiger partial charge in [0.2, 0.25) is 0 Å². The first kappa shape index (κ1) is 54.6.